The van der Waals surface area contributed by atoms with E-state index >= 15 is 0 Å². The van der Waals surface area contributed by atoms with Gasteiger partial charge in [0.2, 0.25) is 0 Å². The van der Waals surface area contributed by atoms with Crippen LogP contribution in [0.4, 0.5) is 5.69 Å². The number of amides is 1. The molecule has 0 saturated heterocycles. The first-order valence-electron chi connectivity index (χ1n) is 10.9. The Morgan fingerprint density at radius 2 is 1.82 bits per heavy atom. The first-order chi connectivity index (χ1) is 16.4. The fraction of sp³-hybridized carbons (Fsp3) is 0.192. The predicted octanol–water partition coefficient (Wildman–Crippen LogP) is 5.92. The molecule has 0 fully saturated rings. The van der Waals surface area contributed by atoms with Crippen molar-refractivity contribution in [1.29, 1.82) is 0 Å². The number of para-hydroxylation sites is 1. The van der Waals surface area contributed by atoms with E-state index in [1.807, 2.05) is 61.5 Å². The molecule has 2 aromatic heterocycles. The molecule has 0 aliphatic carbocycles. The molecule has 1 aliphatic heterocycles. The van der Waals surface area contributed by atoms with Crippen molar-refractivity contribution < 1.29 is 9.53 Å². The lowest BCUT2D eigenvalue weighted by Crippen LogP contribution is -2.33. The molecule has 172 valence electrons. The van der Waals surface area contributed by atoms with Crippen LogP contribution in [-0.2, 0) is 0 Å². The Bertz CT molecular complexity index is 1390. The second-order valence-corrected chi connectivity index (χ2v) is 9.20. The number of pyridine rings is 2. The molecule has 0 spiro atoms. The number of carbonyl (C=O) groups is 1. The van der Waals surface area contributed by atoms with Crippen molar-refractivity contribution in [2.24, 2.45) is 0 Å². The number of ether oxygens (including phenoxy) is 1. The molecule has 1 N–H and O–H groups in total. The smallest absolute Gasteiger partial charge is 0.272 e. The van der Waals surface area contributed by atoms with Crippen molar-refractivity contribution in [1.82, 2.24) is 15.3 Å². The van der Waals surface area contributed by atoms with E-state index in [2.05, 4.69) is 15.3 Å². The van der Waals surface area contributed by atoms with Crippen molar-refractivity contribution >= 4 is 45.6 Å². The zero-order valence-electron chi connectivity index (χ0n) is 18.7. The van der Waals surface area contributed by atoms with Crippen LogP contribution in [0.15, 0.2) is 60.9 Å². The maximum atomic E-state index is 13.4. The van der Waals surface area contributed by atoms with Crippen LogP contribution in [0.25, 0.3) is 22.0 Å². The maximum Gasteiger partial charge on any atom is 0.272 e. The van der Waals surface area contributed by atoms with Crippen LogP contribution in [-0.4, -0.2) is 36.6 Å². The Hall–Kier alpha value is -3.35. The van der Waals surface area contributed by atoms with E-state index in [9.17, 15) is 4.79 Å². The predicted molar refractivity (Wildman–Crippen MR) is 136 cm³/mol. The fourth-order valence-corrected chi connectivity index (χ4v) is 4.91. The van der Waals surface area contributed by atoms with Gasteiger partial charge in [-0.15, -0.1) is 0 Å². The summed E-state index contributed by atoms with van der Waals surface area (Å²) in [6.07, 6.45) is 4.10. The van der Waals surface area contributed by atoms with Gasteiger partial charge in [0, 0.05) is 64.9 Å². The summed E-state index contributed by atoms with van der Waals surface area (Å²) in [5.74, 6) is 0.561. The standard InChI is InChI=1S/C26H22Cl2N4O2/c1-32(2)25-18-7-9-29-23(15-11-16(27)13-17(28)12-15)20(18)14-30-24(25)26(33)31-21-8-10-34-22-6-4-3-5-19(21)22/h3-7,9,11-14,21H,8,10H2,1-2H3,(H,31,33)/t21-/m0/s1. The summed E-state index contributed by atoms with van der Waals surface area (Å²) in [4.78, 5) is 24.5. The van der Waals surface area contributed by atoms with Gasteiger partial charge in [-0.1, -0.05) is 41.4 Å². The second kappa shape index (κ2) is 9.12. The molecule has 5 rings (SSSR count). The van der Waals surface area contributed by atoms with Gasteiger partial charge in [-0.25, -0.2) is 4.98 Å². The van der Waals surface area contributed by atoms with Gasteiger partial charge < -0.3 is 15.0 Å². The van der Waals surface area contributed by atoms with Crippen LogP contribution in [0.3, 0.4) is 0 Å². The molecular weight excluding hydrogens is 471 g/mol. The molecule has 34 heavy (non-hydrogen) atoms. The fourth-order valence-electron chi connectivity index (χ4n) is 4.39. The Balaban J connectivity index is 1.58. The van der Waals surface area contributed by atoms with Crippen LogP contribution in [0.1, 0.15) is 28.5 Å². The van der Waals surface area contributed by atoms with Crippen molar-refractivity contribution in [2.45, 2.75) is 12.5 Å². The monoisotopic (exact) mass is 492 g/mol. The number of hydrogen-bond donors (Lipinski definition) is 1. The minimum atomic E-state index is -0.239. The summed E-state index contributed by atoms with van der Waals surface area (Å²) < 4.78 is 5.73. The number of rotatable bonds is 4. The first kappa shape index (κ1) is 22.4. The first-order valence-corrected chi connectivity index (χ1v) is 11.6. The Morgan fingerprint density at radius 3 is 2.59 bits per heavy atom. The van der Waals surface area contributed by atoms with Gasteiger partial charge in [0.05, 0.1) is 24.0 Å². The average Bonchev–Trinajstić information content (AvgIpc) is 2.82. The molecule has 6 nitrogen and oxygen atoms in total. The molecule has 8 heteroatoms. The second-order valence-electron chi connectivity index (χ2n) is 8.33. The Labute approximate surface area is 207 Å². The molecule has 4 aromatic rings. The highest BCUT2D eigenvalue weighted by Gasteiger charge is 2.26. The third kappa shape index (κ3) is 4.15. The third-order valence-electron chi connectivity index (χ3n) is 5.85. The van der Waals surface area contributed by atoms with Crippen molar-refractivity contribution in [3.05, 3.63) is 82.2 Å². The quantitative estimate of drug-likeness (QED) is 0.382. The normalized spacial score (nSPS) is 14.9. The van der Waals surface area contributed by atoms with Crippen molar-refractivity contribution in [2.75, 3.05) is 25.6 Å². The van der Waals surface area contributed by atoms with E-state index in [4.69, 9.17) is 27.9 Å². The Morgan fingerprint density at radius 1 is 1.06 bits per heavy atom. The number of carbonyl (C=O) groups excluding carboxylic acids is 1. The van der Waals surface area contributed by atoms with Crippen molar-refractivity contribution in [3.8, 4) is 17.0 Å². The van der Waals surface area contributed by atoms with E-state index in [1.54, 1.807) is 18.5 Å². The van der Waals surface area contributed by atoms with Gasteiger partial charge in [-0.2, -0.15) is 0 Å². The number of anilines is 1. The molecule has 0 unspecified atom stereocenters. The molecule has 0 bridgehead atoms. The largest absolute Gasteiger partial charge is 0.493 e. The van der Waals surface area contributed by atoms with E-state index in [-0.39, 0.29) is 11.9 Å². The topological polar surface area (TPSA) is 67.4 Å². The van der Waals surface area contributed by atoms with Gasteiger partial charge in [0.15, 0.2) is 5.69 Å². The highest BCUT2D eigenvalue weighted by Crippen LogP contribution is 2.36. The van der Waals surface area contributed by atoms with Crippen LogP contribution in [0.5, 0.6) is 5.75 Å². The van der Waals surface area contributed by atoms with Gasteiger partial charge >= 0.3 is 0 Å². The minimum absolute atomic E-state index is 0.147. The summed E-state index contributed by atoms with van der Waals surface area (Å²) in [6.45, 7) is 0.546. The molecule has 1 aliphatic rings. The summed E-state index contributed by atoms with van der Waals surface area (Å²) in [5, 5.41) is 5.86. The number of benzene rings is 2. The molecule has 1 amide bonds. The summed E-state index contributed by atoms with van der Waals surface area (Å²) in [6, 6.07) is 14.8. The SMILES string of the molecule is CN(C)c1c(C(=O)N[C@H]2CCOc3ccccc32)ncc2c(-c3cc(Cl)cc(Cl)c3)nccc12. The number of nitrogens with zero attached hydrogens (tertiary/aromatic N) is 3. The number of hydrogen-bond acceptors (Lipinski definition) is 5. The molecule has 3 heterocycles. The zero-order chi connectivity index (χ0) is 23.8. The summed E-state index contributed by atoms with van der Waals surface area (Å²) in [7, 11) is 3.79. The van der Waals surface area contributed by atoms with E-state index in [0.29, 0.717) is 40.1 Å². The highest BCUT2D eigenvalue weighted by molar-refractivity contribution is 6.35. The number of aromatic nitrogens is 2. The minimum Gasteiger partial charge on any atom is -0.493 e. The van der Waals surface area contributed by atoms with Crippen molar-refractivity contribution in [3.63, 3.8) is 0 Å². The lowest BCUT2D eigenvalue weighted by molar-refractivity contribution is 0.0920. The zero-order valence-corrected chi connectivity index (χ0v) is 20.2. The van der Waals surface area contributed by atoms with E-state index < -0.39 is 0 Å². The Kier molecular flexibility index (Phi) is 6.02. The lowest BCUT2D eigenvalue weighted by Gasteiger charge is -2.27. The van der Waals surface area contributed by atoms with E-state index in [1.165, 1.54) is 0 Å². The molecular formula is C26H22Cl2N4O2. The summed E-state index contributed by atoms with van der Waals surface area (Å²) in [5.41, 5.74) is 3.52. The lowest BCUT2D eigenvalue weighted by atomic mass is 10.00. The van der Waals surface area contributed by atoms with Crippen LogP contribution < -0.4 is 15.0 Å². The van der Waals surface area contributed by atoms with Gasteiger partial charge in [-0.05, 0) is 30.3 Å². The van der Waals surface area contributed by atoms with Gasteiger partial charge in [0.25, 0.3) is 5.91 Å². The van der Waals surface area contributed by atoms with Crippen LogP contribution in [0, 0.1) is 0 Å². The average molecular weight is 493 g/mol. The van der Waals surface area contributed by atoms with Gasteiger partial charge in [-0.3, -0.25) is 9.78 Å². The summed E-state index contributed by atoms with van der Waals surface area (Å²) >= 11 is 12.5. The van der Waals surface area contributed by atoms with Gasteiger partial charge in [0.1, 0.15) is 5.75 Å². The highest BCUT2D eigenvalue weighted by atomic mass is 35.5. The third-order valence-corrected chi connectivity index (χ3v) is 6.29. The van der Waals surface area contributed by atoms with Crippen LogP contribution >= 0.6 is 23.2 Å². The van der Waals surface area contributed by atoms with Crippen LogP contribution in [0.2, 0.25) is 10.0 Å². The molecule has 2 aromatic carbocycles. The number of fused-ring (bicyclic) bond motifs is 2. The van der Waals surface area contributed by atoms with E-state index in [0.717, 1.165) is 27.6 Å². The molecule has 1 atom stereocenters. The maximum absolute atomic E-state index is 13.4. The number of nitrogens with one attached hydrogen (secondary N) is 1. The number of halogens is 2. The molecule has 0 radical (unpaired) electrons. The molecule has 0 saturated carbocycles.